The summed E-state index contributed by atoms with van der Waals surface area (Å²) < 4.78 is 23.7. The van der Waals surface area contributed by atoms with Gasteiger partial charge < -0.3 is 20.1 Å². The molecule has 5 nitrogen and oxygen atoms in total. The van der Waals surface area contributed by atoms with Gasteiger partial charge in [-0.2, -0.15) is 0 Å². The molecule has 124 valence electrons. The number of nitrogens with zero attached hydrogens (tertiary/aromatic N) is 1. The minimum atomic E-state index is -0.252. The number of hydrogen-bond acceptors (Lipinski definition) is 3. The average molecular weight is 311 g/mol. The number of guanidine groups is 1. The molecule has 0 spiro atoms. The molecule has 1 aromatic carbocycles. The summed E-state index contributed by atoms with van der Waals surface area (Å²) in [5, 5.41) is 6.42. The van der Waals surface area contributed by atoms with Gasteiger partial charge in [0, 0.05) is 40.5 Å². The first-order valence-electron chi connectivity index (χ1n) is 7.51. The molecule has 1 rings (SSSR count). The Balaban J connectivity index is 2.38. The second kappa shape index (κ2) is 11.0. The van der Waals surface area contributed by atoms with Crippen LogP contribution in [0.5, 0.6) is 0 Å². The third-order valence-electron chi connectivity index (χ3n) is 3.17. The molecule has 2 N–H and O–H groups in total. The molecule has 0 amide bonds. The van der Waals surface area contributed by atoms with E-state index in [4.69, 9.17) is 9.47 Å². The molecule has 1 aromatic rings. The zero-order chi connectivity index (χ0) is 16.2. The van der Waals surface area contributed by atoms with Crippen LogP contribution in [0.25, 0.3) is 0 Å². The molecule has 0 fully saturated rings. The molecule has 0 saturated heterocycles. The van der Waals surface area contributed by atoms with Crippen molar-refractivity contribution in [1.82, 2.24) is 10.6 Å². The minimum Gasteiger partial charge on any atom is -0.382 e. The van der Waals surface area contributed by atoms with Crippen molar-refractivity contribution in [2.75, 3.05) is 40.5 Å². The van der Waals surface area contributed by atoms with Gasteiger partial charge in [-0.3, -0.25) is 4.99 Å². The normalized spacial score (nSPS) is 13.0. The van der Waals surface area contributed by atoms with Crippen LogP contribution in [0.1, 0.15) is 25.0 Å². The Morgan fingerprint density at radius 1 is 1.27 bits per heavy atom. The van der Waals surface area contributed by atoms with Crippen molar-refractivity contribution in [3.8, 4) is 0 Å². The third kappa shape index (κ3) is 6.87. The van der Waals surface area contributed by atoms with Gasteiger partial charge in [-0.15, -0.1) is 0 Å². The van der Waals surface area contributed by atoms with Crippen LogP contribution < -0.4 is 10.6 Å². The number of nitrogens with one attached hydrogen (secondary N) is 2. The van der Waals surface area contributed by atoms with Crippen LogP contribution >= 0.6 is 0 Å². The fourth-order valence-electron chi connectivity index (χ4n) is 1.95. The Kier molecular flexibility index (Phi) is 9.18. The van der Waals surface area contributed by atoms with E-state index in [1.807, 2.05) is 6.92 Å². The molecule has 22 heavy (non-hydrogen) atoms. The fourth-order valence-corrected chi connectivity index (χ4v) is 1.95. The summed E-state index contributed by atoms with van der Waals surface area (Å²) in [5.41, 5.74) is 0.920. The van der Waals surface area contributed by atoms with Crippen molar-refractivity contribution < 1.29 is 13.9 Å². The molecule has 0 bridgehead atoms. The lowest BCUT2D eigenvalue weighted by Gasteiger charge is -2.18. The maximum absolute atomic E-state index is 13.0. The topological polar surface area (TPSA) is 54.9 Å². The van der Waals surface area contributed by atoms with E-state index in [1.165, 1.54) is 12.1 Å². The van der Waals surface area contributed by atoms with Crippen LogP contribution in [0.15, 0.2) is 29.3 Å². The van der Waals surface area contributed by atoms with Crippen molar-refractivity contribution in [3.63, 3.8) is 0 Å². The smallest absolute Gasteiger partial charge is 0.191 e. The van der Waals surface area contributed by atoms with Gasteiger partial charge >= 0.3 is 0 Å². The zero-order valence-corrected chi connectivity index (χ0v) is 13.6. The lowest BCUT2D eigenvalue weighted by molar-refractivity contribution is 0.106. The third-order valence-corrected chi connectivity index (χ3v) is 3.17. The summed E-state index contributed by atoms with van der Waals surface area (Å²) in [6.07, 6.45) is 0.753. The lowest BCUT2D eigenvalue weighted by Crippen LogP contribution is -2.40. The number of ether oxygens (including phenoxy) is 2. The van der Waals surface area contributed by atoms with Gasteiger partial charge in [0.1, 0.15) is 5.82 Å². The van der Waals surface area contributed by atoms with Crippen molar-refractivity contribution >= 4 is 5.96 Å². The predicted octanol–water partition coefficient (Wildman–Crippen LogP) is 2.10. The Morgan fingerprint density at radius 2 is 2.00 bits per heavy atom. The lowest BCUT2D eigenvalue weighted by atomic mass is 10.1. The quantitative estimate of drug-likeness (QED) is 0.417. The van der Waals surface area contributed by atoms with Gasteiger partial charge in [-0.1, -0.05) is 12.1 Å². The SMILES string of the molecule is CCOCCCNC(=NC)NCC(OC)c1ccc(F)cc1. The van der Waals surface area contributed by atoms with Gasteiger partial charge in [-0.25, -0.2) is 4.39 Å². The Hall–Kier alpha value is -1.66. The highest BCUT2D eigenvalue weighted by Crippen LogP contribution is 2.15. The maximum atomic E-state index is 13.0. The van der Waals surface area contributed by atoms with Crippen LogP contribution in [0.4, 0.5) is 4.39 Å². The number of halogens is 1. The molecular formula is C16H26FN3O2. The number of methoxy groups -OCH3 is 1. The summed E-state index contributed by atoms with van der Waals surface area (Å²) in [6, 6.07) is 6.32. The first kappa shape index (κ1) is 18.4. The highest BCUT2D eigenvalue weighted by molar-refractivity contribution is 5.79. The van der Waals surface area contributed by atoms with Crippen LogP contribution in [0, 0.1) is 5.82 Å². The molecule has 6 heteroatoms. The number of aliphatic imine (C=N–C) groups is 1. The zero-order valence-electron chi connectivity index (χ0n) is 13.6. The molecule has 0 aliphatic carbocycles. The number of rotatable bonds is 9. The Bertz CT molecular complexity index is 438. The molecule has 0 radical (unpaired) electrons. The summed E-state index contributed by atoms with van der Waals surface area (Å²) in [4.78, 5) is 4.16. The van der Waals surface area contributed by atoms with Crippen molar-refractivity contribution in [2.45, 2.75) is 19.4 Å². The molecule has 0 heterocycles. The maximum Gasteiger partial charge on any atom is 0.191 e. The highest BCUT2D eigenvalue weighted by atomic mass is 19.1. The van der Waals surface area contributed by atoms with Crippen LogP contribution in [0.2, 0.25) is 0 Å². The summed E-state index contributed by atoms with van der Waals surface area (Å²) in [5.74, 6) is 0.457. The van der Waals surface area contributed by atoms with E-state index in [0.717, 1.165) is 31.7 Å². The molecule has 0 aliphatic rings. The van der Waals surface area contributed by atoms with Gasteiger partial charge in [0.05, 0.1) is 6.10 Å². The number of benzene rings is 1. The van der Waals surface area contributed by atoms with Crippen LogP contribution in [-0.2, 0) is 9.47 Å². The molecule has 1 atom stereocenters. The van der Waals surface area contributed by atoms with E-state index in [9.17, 15) is 4.39 Å². The fraction of sp³-hybridized carbons (Fsp3) is 0.562. The monoisotopic (exact) mass is 311 g/mol. The Labute approximate surface area is 131 Å². The molecule has 0 aromatic heterocycles. The van der Waals surface area contributed by atoms with Gasteiger partial charge in [0.25, 0.3) is 0 Å². The van der Waals surface area contributed by atoms with Crippen molar-refractivity contribution in [3.05, 3.63) is 35.6 Å². The minimum absolute atomic E-state index is 0.164. The summed E-state index contributed by atoms with van der Waals surface area (Å²) in [6.45, 7) is 4.78. The number of hydrogen-bond donors (Lipinski definition) is 2. The van der Waals surface area contributed by atoms with E-state index in [0.29, 0.717) is 12.5 Å². The van der Waals surface area contributed by atoms with Crippen LogP contribution in [-0.4, -0.2) is 46.4 Å². The second-order valence-electron chi connectivity index (χ2n) is 4.71. The second-order valence-corrected chi connectivity index (χ2v) is 4.71. The largest absolute Gasteiger partial charge is 0.382 e. The molecule has 1 unspecified atom stereocenters. The standard InChI is InChI=1S/C16H26FN3O2/c1-4-22-11-5-10-19-16(18-2)20-12-15(21-3)13-6-8-14(17)9-7-13/h6-9,15H,4-5,10-12H2,1-3H3,(H2,18,19,20). The van der Waals surface area contributed by atoms with E-state index in [1.54, 1.807) is 26.3 Å². The highest BCUT2D eigenvalue weighted by Gasteiger charge is 2.11. The van der Waals surface area contributed by atoms with Gasteiger partial charge in [0.15, 0.2) is 5.96 Å². The van der Waals surface area contributed by atoms with Gasteiger partial charge in [-0.05, 0) is 31.0 Å². The van der Waals surface area contributed by atoms with Crippen LogP contribution in [0.3, 0.4) is 0 Å². The van der Waals surface area contributed by atoms with Crippen molar-refractivity contribution in [2.24, 2.45) is 4.99 Å². The summed E-state index contributed by atoms with van der Waals surface area (Å²) >= 11 is 0. The van der Waals surface area contributed by atoms with E-state index < -0.39 is 0 Å². The van der Waals surface area contributed by atoms with E-state index >= 15 is 0 Å². The van der Waals surface area contributed by atoms with Crippen molar-refractivity contribution in [1.29, 1.82) is 0 Å². The first-order valence-corrected chi connectivity index (χ1v) is 7.51. The Morgan fingerprint density at radius 3 is 2.59 bits per heavy atom. The summed E-state index contributed by atoms with van der Waals surface area (Å²) in [7, 11) is 3.35. The van der Waals surface area contributed by atoms with E-state index in [-0.39, 0.29) is 11.9 Å². The molecular weight excluding hydrogens is 285 g/mol. The van der Waals surface area contributed by atoms with Gasteiger partial charge in [0.2, 0.25) is 0 Å². The molecule has 0 saturated carbocycles. The predicted molar refractivity (Wildman–Crippen MR) is 86.6 cm³/mol. The first-order chi connectivity index (χ1) is 10.7. The molecule has 0 aliphatic heterocycles. The van der Waals surface area contributed by atoms with E-state index in [2.05, 4.69) is 15.6 Å². The average Bonchev–Trinajstić information content (AvgIpc) is 2.54.